The van der Waals surface area contributed by atoms with Gasteiger partial charge in [-0.25, -0.2) is 9.82 Å². The third-order valence-corrected chi connectivity index (χ3v) is 10.5. The van der Waals surface area contributed by atoms with E-state index >= 15 is 4.39 Å². The predicted molar refractivity (Wildman–Crippen MR) is 151 cm³/mol. The molecule has 0 aromatic rings. The molecule has 0 aromatic carbocycles. The van der Waals surface area contributed by atoms with E-state index in [-0.39, 0.29) is 37.3 Å². The second kappa shape index (κ2) is 11.3. The number of ketones is 1. The van der Waals surface area contributed by atoms with E-state index in [1.807, 2.05) is 0 Å². The molecule has 4 rings (SSSR count). The highest BCUT2D eigenvalue weighted by atomic mass is 19.1. The molecule has 42 heavy (non-hydrogen) atoms. The summed E-state index contributed by atoms with van der Waals surface area (Å²) in [6.07, 6.45) is 4.61. The lowest BCUT2D eigenvalue weighted by atomic mass is 9.44. The molecule has 4 aliphatic carbocycles. The molecule has 11 nitrogen and oxygen atoms in total. The van der Waals surface area contributed by atoms with E-state index in [4.69, 9.17) is 0 Å². The zero-order chi connectivity index (χ0) is 31.3. The van der Waals surface area contributed by atoms with Crippen molar-refractivity contribution in [1.29, 1.82) is 0 Å². The molecule has 12 heteroatoms. The van der Waals surface area contributed by atoms with Crippen molar-refractivity contribution in [2.75, 3.05) is 19.7 Å². The molecule has 0 bridgehead atoms. The molecular formula is C30H43FN4O7. The number of aliphatic hydroxyl groups is 3. The number of allylic oxidation sites excluding steroid dienone is 4. The van der Waals surface area contributed by atoms with Gasteiger partial charge in [-0.3, -0.25) is 19.2 Å². The standard InChI is InChI=1S/C30H43FN4O7/c1-16(2)26(41)33-13-24(39)32-14-25(40)35-34-19-8-9-27(4)18(11-19)6-7-20-21-10-17(3)30(42,23(38)15-36)28(21,5)12-22(37)29(20,27)31/h8-9,11,16-17,20-22,36-37,42H,6-7,10,12-15H2,1-5H3,(H,32,39)(H,33,41)(H,35,40). The van der Waals surface area contributed by atoms with Crippen molar-refractivity contribution in [3.8, 4) is 0 Å². The van der Waals surface area contributed by atoms with E-state index in [2.05, 4.69) is 21.2 Å². The highest BCUT2D eigenvalue weighted by molar-refractivity contribution is 6.06. The monoisotopic (exact) mass is 590 g/mol. The van der Waals surface area contributed by atoms with Crippen LogP contribution in [0.3, 0.4) is 0 Å². The predicted octanol–water partition coefficient (Wildman–Crippen LogP) is 0.687. The maximum Gasteiger partial charge on any atom is 0.259 e. The molecule has 0 aliphatic heterocycles. The molecule has 0 radical (unpaired) electrons. The summed E-state index contributed by atoms with van der Waals surface area (Å²) in [6.45, 7) is 7.19. The number of alkyl halides is 1. The van der Waals surface area contributed by atoms with E-state index in [9.17, 15) is 34.5 Å². The Morgan fingerprint density at radius 2 is 1.79 bits per heavy atom. The van der Waals surface area contributed by atoms with E-state index in [0.29, 0.717) is 30.5 Å². The molecule has 3 amide bonds. The Morgan fingerprint density at radius 1 is 1.12 bits per heavy atom. The van der Waals surface area contributed by atoms with Gasteiger partial charge in [0.15, 0.2) is 11.5 Å². The first kappa shape index (κ1) is 32.0. The molecule has 0 aromatic heterocycles. The lowest BCUT2D eigenvalue weighted by Crippen LogP contribution is -2.69. The van der Waals surface area contributed by atoms with Gasteiger partial charge in [0.2, 0.25) is 11.8 Å². The topological polar surface area (TPSA) is 177 Å². The molecule has 6 N–H and O–H groups in total. The van der Waals surface area contributed by atoms with Crippen LogP contribution < -0.4 is 16.1 Å². The molecule has 8 atom stereocenters. The van der Waals surface area contributed by atoms with Gasteiger partial charge in [0.1, 0.15) is 12.2 Å². The summed E-state index contributed by atoms with van der Waals surface area (Å²) >= 11 is 0. The summed E-state index contributed by atoms with van der Waals surface area (Å²) < 4.78 is 17.4. The van der Waals surface area contributed by atoms with Crippen LogP contribution in [0.5, 0.6) is 0 Å². The van der Waals surface area contributed by atoms with E-state index in [0.717, 1.165) is 0 Å². The van der Waals surface area contributed by atoms with Crippen LogP contribution >= 0.6 is 0 Å². The molecule has 0 spiro atoms. The van der Waals surface area contributed by atoms with E-state index in [1.165, 1.54) is 0 Å². The van der Waals surface area contributed by atoms with Crippen molar-refractivity contribution in [3.05, 3.63) is 23.8 Å². The number of rotatable bonds is 8. The molecule has 232 valence electrons. The highest BCUT2D eigenvalue weighted by Gasteiger charge is 2.75. The summed E-state index contributed by atoms with van der Waals surface area (Å²) in [7, 11) is 0. The van der Waals surface area contributed by atoms with Gasteiger partial charge in [-0.2, -0.15) is 5.10 Å². The molecular weight excluding hydrogens is 547 g/mol. The lowest BCUT2D eigenvalue weighted by molar-refractivity contribution is -0.219. The fraction of sp³-hybridized carbons (Fsp3) is 0.700. The van der Waals surface area contributed by atoms with Crippen molar-refractivity contribution >= 4 is 29.2 Å². The fourth-order valence-corrected chi connectivity index (χ4v) is 8.12. The first-order valence-corrected chi connectivity index (χ1v) is 14.6. The minimum Gasteiger partial charge on any atom is -0.390 e. The van der Waals surface area contributed by atoms with Crippen molar-refractivity contribution < 1.29 is 38.9 Å². The maximum atomic E-state index is 17.4. The van der Waals surface area contributed by atoms with Gasteiger partial charge < -0.3 is 26.0 Å². The van der Waals surface area contributed by atoms with Crippen molar-refractivity contribution in [3.63, 3.8) is 0 Å². The molecule has 0 heterocycles. The Labute approximate surface area is 245 Å². The van der Waals surface area contributed by atoms with Gasteiger partial charge in [0.05, 0.1) is 24.9 Å². The number of hydrogen-bond acceptors (Lipinski definition) is 8. The molecule has 3 fully saturated rings. The van der Waals surface area contributed by atoms with Crippen molar-refractivity contribution in [1.82, 2.24) is 16.1 Å². The van der Waals surface area contributed by atoms with Crippen LogP contribution in [0.2, 0.25) is 0 Å². The van der Waals surface area contributed by atoms with Gasteiger partial charge >= 0.3 is 0 Å². The third kappa shape index (κ3) is 4.81. The van der Waals surface area contributed by atoms with Gasteiger partial charge in [-0.05, 0) is 56.6 Å². The Morgan fingerprint density at radius 3 is 2.43 bits per heavy atom. The number of aliphatic hydroxyl groups excluding tert-OH is 2. The highest BCUT2D eigenvalue weighted by Crippen LogP contribution is 2.70. The summed E-state index contributed by atoms with van der Waals surface area (Å²) in [4.78, 5) is 48.4. The Hall–Kier alpha value is -2.96. The van der Waals surface area contributed by atoms with Gasteiger partial charge in [-0.1, -0.05) is 39.3 Å². The maximum absolute atomic E-state index is 17.4. The van der Waals surface area contributed by atoms with Gasteiger partial charge in [-0.15, -0.1) is 0 Å². The van der Waals surface area contributed by atoms with Crippen molar-refractivity contribution in [2.45, 2.75) is 77.7 Å². The first-order valence-electron chi connectivity index (χ1n) is 14.6. The quantitative estimate of drug-likeness (QED) is 0.225. The summed E-state index contributed by atoms with van der Waals surface area (Å²) in [5.41, 5.74) is -2.75. The van der Waals surface area contributed by atoms with Gasteiger partial charge in [0, 0.05) is 22.7 Å². The van der Waals surface area contributed by atoms with Gasteiger partial charge in [0.25, 0.3) is 5.91 Å². The smallest absolute Gasteiger partial charge is 0.259 e. The Balaban J connectivity index is 1.46. The first-order chi connectivity index (χ1) is 19.6. The number of nitrogens with one attached hydrogen (secondary N) is 3. The van der Waals surface area contributed by atoms with Crippen LogP contribution in [0.1, 0.15) is 60.3 Å². The number of carbonyl (C=O) groups excluding carboxylic acids is 4. The molecule has 4 aliphatic rings. The average molecular weight is 591 g/mol. The number of amides is 3. The van der Waals surface area contributed by atoms with E-state index < -0.39 is 64.2 Å². The van der Waals surface area contributed by atoms with Crippen LogP contribution in [-0.2, 0) is 19.2 Å². The summed E-state index contributed by atoms with van der Waals surface area (Å²) in [5, 5.41) is 41.6. The van der Waals surface area contributed by atoms with Crippen LogP contribution in [0.15, 0.2) is 28.9 Å². The average Bonchev–Trinajstić information content (AvgIpc) is 3.15. The summed E-state index contributed by atoms with van der Waals surface area (Å²) in [6, 6.07) is 0. The Kier molecular flexibility index (Phi) is 8.58. The van der Waals surface area contributed by atoms with Crippen LogP contribution in [0.25, 0.3) is 0 Å². The zero-order valence-corrected chi connectivity index (χ0v) is 24.9. The Bertz CT molecular complexity index is 1250. The zero-order valence-electron chi connectivity index (χ0n) is 24.9. The number of nitrogens with zero attached hydrogens (tertiary/aromatic N) is 1. The summed E-state index contributed by atoms with van der Waals surface area (Å²) in [5.74, 6) is -3.86. The molecule has 3 saturated carbocycles. The number of hydrogen-bond donors (Lipinski definition) is 6. The SMILES string of the molecule is CC(C)C(=O)NCC(=O)NCC(=O)NN=C1C=CC2(C)C(=C1)CCC1C3CC(C)C(O)(C(=O)CO)C3(C)CC(O)C12F. The van der Waals surface area contributed by atoms with Crippen LogP contribution in [-0.4, -0.2) is 81.6 Å². The van der Waals surface area contributed by atoms with Crippen molar-refractivity contribution in [2.24, 2.45) is 39.6 Å². The molecule has 0 saturated heterocycles. The second-order valence-corrected chi connectivity index (χ2v) is 13.1. The normalized spacial score (nSPS) is 39.6. The number of Topliss-reactive ketones (excluding diaryl/α,β-unsaturated/α-hetero) is 1. The minimum atomic E-state index is -2.07. The number of carbonyl (C=O) groups is 4. The number of fused-ring (bicyclic) bond motifs is 5. The largest absolute Gasteiger partial charge is 0.390 e. The second-order valence-electron chi connectivity index (χ2n) is 13.1. The lowest BCUT2D eigenvalue weighted by Gasteiger charge is -2.62. The number of halogens is 1. The van der Waals surface area contributed by atoms with Crippen LogP contribution in [0.4, 0.5) is 4.39 Å². The third-order valence-electron chi connectivity index (χ3n) is 10.5. The minimum absolute atomic E-state index is 0.127. The number of hydrazone groups is 1. The fourth-order valence-electron chi connectivity index (χ4n) is 8.12. The van der Waals surface area contributed by atoms with E-state index in [1.54, 1.807) is 52.8 Å². The van der Waals surface area contributed by atoms with Crippen LogP contribution in [0, 0.1) is 34.5 Å². The molecule has 8 unspecified atom stereocenters.